The van der Waals surface area contributed by atoms with E-state index in [1.54, 1.807) is 0 Å². The molecule has 0 spiro atoms. The number of hydrogen-bond acceptors (Lipinski definition) is 3. The van der Waals surface area contributed by atoms with Crippen LogP contribution in [0.3, 0.4) is 0 Å². The molecule has 25 heavy (non-hydrogen) atoms. The Hall–Kier alpha value is -2.88. The number of benzene rings is 2. The summed E-state index contributed by atoms with van der Waals surface area (Å²) in [6, 6.07) is 16.4. The molecule has 0 N–H and O–H groups in total. The van der Waals surface area contributed by atoms with E-state index in [0.717, 1.165) is 28.0 Å². The molecule has 0 atom stereocenters. The molecule has 1 aromatic heterocycles. The van der Waals surface area contributed by atoms with E-state index in [4.69, 9.17) is 4.74 Å². The minimum Gasteiger partial charge on any atom is -0.491 e. The quantitative estimate of drug-likeness (QED) is 0.711. The van der Waals surface area contributed by atoms with Crippen molar-refractivity contribution in [3.8, 4) is 17.0 Å². The summed E-state index contributed by atoms with van der Waals surface area (Å²) in [5.41, 5.74) is 3.04. The largest absolute Gasteiger partial charge is 0.491 e. The first-order chi connectivity index (χ1) is 12.3. The molecule has 2 aromatic carbocycles. The second kappa shape index (κ2) is 6.55. The molecule has 0 aliphatic carbocycles. The van der Waals surface area contributed by atoms with E-state index in [9.17, 15) is 4.79 Å². The molecule has 1 aliphatic heterocycles. The van der Waals surface area contributed by atoms with Crippen LogP contribution in [0.4, 0.5) is 0 Å². The fourth-order valence-electron chi connectivity index (χ4n) is 3.33. The topological polar surface area (TPSA) is 42.4 Å². The Balaban J connectivity index is 1.78. The van der Waals surface area contributed by atoms with Gasteiger partial charge in [0, 0.05) is 35.7 Å². The van der Waals surface area contributed by atoms with Crippen molar-refractivity contribution in [3.63, 3.8) is 0 Å². The lowest BCUT2D eigenvalue weighted by molar-refractivity contribution is -0.131. The van der Waals surface area contributed by atoms with Crippen LogP contribution >= 0.6 is 0 Å². The average molecular weight is 332 g/mol. The van der Waals surface area contributed by atoms with Gasteiger partial charge in [0.15, 0.2) is 0 Å². The summed E-state index contributed by atoms with van der Waals surface area (Å²) in [5, 5.41) is 2.29. The van der Waals surface area contributed by atoms with E-state index in [2.05, 4.69) is 23.2 Å². The summed E-state index contributed by atoms with van der Waals surface area (Å²) in [6.45, 7) is 3.64. The second-order valence-electron chi connectivity index (χ2n) is 6.22. The summed E-state index contributed by atoms with van der Waals surface area (Å²) in [7, 11) is 0. The molecule has 0 unspecified atom stereocenters. The fourth-order valence-corrected chi connectivity index (χ4v) is 3.33. The number of carbonyl (C=O) groups excluding carboxylic acids is 1. The van der Waals surface area contributed by atoms with Gasteiger partial charge in [-0.05, 0) is 29.7 Å². The summed E-state index contributed by atoms with van der Waals surface area (Å²) >= 11 is 0. The molecule has 0 saturated carbocycles. The van der Waals surface area contributed by atoms with Crippen LogP contribution in [-0.4, -0.2) is 28.9 Å². The lowest BCUT2D eigenvalue weighted by Gasteiger charge is -2.19. The zero-order chi connectivity index (χ0) is 17.2. The van der Waals surface area contributed by atoms with Crippen molar-refractivity contribution < 1.29 is 9.53 Å². The van der Waals surface area contributed by atoms with Gasteiger partial charge in [0.25, 0.3) is 0 Å². The summed E-state index contributed by atoms with van der Waals surface area (Å²) in [6.07, 6.45) is 2.35. The highest BCUT2D eigenvalue weighted by Crippen LogP contribution is 2.31. The van der Waals surface area contributed by atoms with Crippen molar-refractivity contribution in [2.24, 2.45) is 0 Å². The first-order valence-electron chi connectivity index (χ1n) is 8.64. The van der Waals surface area contributed by atoms with Gasteiger partial charge in [0.2, 0.25) is 5.91 Å². The Bertz CT molecular complexity index is 931. The first-order valence-corrected chi connectivity index (χ1v) is 8.64. The number of amides is 1. The van der Waals surface area contributed by atoms with Gasteiger partial charge in [0.1, 0.15) is 12.4 Å². The molecule has 1 amide bonds. The van der Waals surface area contributed by atoms with Gasteiger partial charge in [0.05, 0.1) is 12.2 Å². The number of hydrogen-bond donors (Lipinski definition) is 0. The van der Waals surface area contributed by atoms with Crippen molar-refractivity contribution in [3.05, 3.63) is 60.3 Å². The maximum Gasteiger partial charge on any atom is 0.222 e. The number of fused-ring (bicyclic) bond motifs is 2. The monoisotopic (exact) mass is 332 g/mol. The Morgan fingerprint density at radius 3 is 2.96 bits per heavy atom. The second-order valence-corrected chi connectivity index (χ2v) is 6.22. The first kappa shape index (κ1) is 15.6. The van der Waals surface area contributed by atoms with Gasteiger partial charge in [-0.25, -0.2) is 0 Å². The van der Waals surface area contributed by atoms with Crippen LogP contribution < -0.4 is 4.74 Å². The van der Waals surface area contributed by atoms with Gasteiger partial charge < -0.3 is 9.64 Å². The number of carbonyl (C=O) groups is 1. The Morgan fingerprint density at radius 1 is 1.20 bits per heavy atom. The molecule has 4 nitrogen and oxygen atoms in total. The van der Waals surface area contributed by atoms with Crippen LogP contribution in [0.1, 0.15) is 18.9 Å². The molecule has 126 valence electrons. The zero-order valence-corrected chi connectivity index (χ0v) is 14.2. The van der Waals surface area contributed by atoms with Crippen molar-refractivity contribution in [2.45, 2.75) is 19.9 Å². The molecule has 0 saturated heterocycles. The van der Waals surface area contributed by atoms with Crippen LogP contribution in [0.25, 0.3) is 22.0 Å². The zero-order valence-electron chi connectivity index (χ0n) is 14.2. The molecule has 4 rings (SSSR count). The minimum atomic E-state index is 0.158. The van der Waals surface area contributed by atoms with Crippen LogP contribution in [0.15, 0.2) is 54.7 Å². The van der Waals surface area contributed by atoms with Gasteiger partial charge in [-0.2, -0.15) is 0 Å². The normalized spacial score (nSPS) is 13.9. The smallest absolute Gasteiger partial charge is 0.222 e. The molecular formula is C21H20N2O2. The fraction of sp³-hybridized carbons (Fsp3) is 0.238. The Morgan fingerprint density at radius 2 is 2.08 bits per heavy atom. The Labute approximate surface area is 147 Å². The van der Waals surface area contributed by atoms with E-state index in [-0.39, 0.29) is 5.91 Å². The number of nitrogens with zero attached hydrogens (tertiary/aromatic N) is 2. The summed E-state index contributed by atoms with van der Waals surface area (Å²) in [5.74, 6) is 1.01. The van der Waals surface area contributed by atoms with E-state index in [1.807, 2.05) is 48.4 Å². The number of aromatic nitrogens is 1. The molecule has 0 radical (unpaired) electrons. The van der Waals surface area contributed by atoms with Gasteiger partial charge in [-0.15, -0.1) is 0 Å². The van der Waals surface area contributed by atoms with Gasteiger partial charge >= 0.3 is 0 Å². The molecule has 0 fully saturated rings. The molecular weight excluding hydrogens is 312 g/mol. The van der Waals surface area contributed by atoms with Gasteiger partial charge in [-0.3, -0.25) is 9.78 Å². The summed E-state index contributed by atoms with van der Waals surface area (Å²) < 4.78 is 5.84. The lowest BCUT2D eigenvalue weighted by Crippen LogP contribution is -2.31. The van der Waals surface area contributed by atoms with E-state index in [1.165, 1.54) is 5.39 Å². The van der Waals surface area contributed by atoms with E-state index in [0.29, 0.717) is 26.1 Å². The maximum atomic E-state index is 12.1. The van der Waals surface area contributed by atoms with Crippen LogP contribution in [0, 0.1) is 0 Å². The highest BCUT2D eigenvalue weighted by molar-refractivity contribution is 5.94. The third kappa shape index (κ3) is 2.95. The van der Waals surface area contributed by atoms with Crippen LogP contribution in [0.5, 0.6) is 5.75 Å². The standard InChI is InChI=1S/C21H20N2O2/c1-2-20(24)23-11-12-25-19-8-7-16(13-17(19)14-23)21-18-6-4-3-5-15(18)9-10-22-21/h3-10,13H,2,11-12,14H2,1H3. The van der Waals surface area contributed by atoms with Crippen molar-refractivity contribution in [2.75, 3.05) is 13.2 Å². The minimum absolute atomic E-state index is 0.158. The predicted molar refractivity (Wildman–Crippen MR) is 98.4 cm³/mol. The summed E-state index contributed by atoms with van der Waals surface area (Å²) in [4.78, 5) is 18.6. The average Bonchev–Trinajstić information content (AvgIpc) is 2.88. The van der Waals surface area contributed by atoms with Crippen molar-refractivity contribution in [1.82, 2.24) is 9.88 Å². The molecule has 2 heterocycles. The third-order valence-electron chi connectivity index (χ3n) is 4.64. The van der Waals surface area contributed by atoms with E-state index < -0.39 is 0 Å². The highest BCUT2D eigenvalue weighted by Gasteiger charge is 2.19. The SMILES string of the molecule is CCC(=O)N1CCOc2ccc(-c3nccc4ccccc34)cc2C1. The molecule has 3 aromatic rings. The van der Waals surface area contributed by atoms with Crippen LogP contribution in [-0.2, 0) is 11.3 Å². The van der Waals surface area contributed by atoms with Crippen LogP contribution in [0.2, 0.25) is 0 Å². The molecule has 4 heteroatoms. The van der Waals surface area contributed by atoms with Crippen molar-refractivity contribution >= 4 is 16.7 Å². The van der Waals surface area contributed by atoms with E-state index >= 15 is 0 Å². The Kier molecular flexibility index (Phi) is 4.10. The third-order valence-corrected chi connectivity index (χ3v) is 4.64. The number of ether oxygens (including phenoxy) is 1. The molecule has 1 aliphatic rings. The van der Waals surface area contributed by atoms with Gasteiger partial charge in [-0.1, -0.05) is 31.2 Å². The number of pyridine rings is 1. The number of rotatable bonds is 2. The maximum absolute atomic E-state index is 12.1. The molecule has 0 bridgehead atoms. The predicted octanol–water partition coefficient (Wildman–Crippen LogP) is 4.03. The lowest BCUT2D eigenvalue weighted by atomic mass is 10.0. The van der Waals surface area contributed by atoms with Crippen molar-refractivity contribution in [1.29, 1.82) is 0 Å². The highest BCUT2D eigenvalue weighted by atomic mass is 16.5.